The molecule has 1 aliphatic rings. The Hall–Kier alpha value is -2.25. The van der Waals surface area contributed by atoms with Crippen molar-refractivity contribution in [2.75, 3.05) is 33.8 Å². The summed E-state index contributed by atoms with van der Waals surface area (Å²) in [4.78, 5) is 8.58. The van der Waals surface area contributed by atoms with Crippen LogP contribution in [-0.4, -0.2) is 49.8 Å². The molecule has 1 aromatic carbocycles. The van der Waals surface area contributed by atoms with E-state index in [0.717, 1.165) is 31.2 Å². The summed E-state index contributed by atoms with van der Waals surface area (Å²) in [6, 6.07) is 10.3. The number of guanidine groups is 1. The van der Waals surface area contributed by atoms with Gasteiger partial charge < -0.3 is 20.5 Å². The Balaban J connectivity index is 1.67. The number of aromatic hydroxyl groups is 1. The number of benzene rings is 1. The van der Waals surface area contributed by atoms with E-state index in [0.29, 0.717) is 24.3 Å². The van der Waals surface area contributed by atoms with Gasteiger partial charge in [0.15, 0.2) is 17.5 Å². The minimum absolute atomic E-state index is 0.154. The number of likely N-dealkylation sites (tertiary alicyclic amines) is 1. The number of nitrogens with one attached hydrogen (secondary N) is 2. The summed E-state index contributed by atoms with van der Waals surface area (Å²) in [6.07, 6.45) is 2.42. The fourth-order valence-corrected chi connectivity index (χ4v) is 4.96. The van der Waals surface area contributed by atoms with Crippen LogP contribution in [0.3, 0.4) is 0 Å². The number of para-hydroxylation sites is 1. The Labute approximate surface area is 177 Å². The maximum Gasteiger partial charge on any atom is 0.191 e. The van der Waals surface area contributed by atoms with Crippen LogP contribution in [0.4, 0.5) is 0 Å². The highest BCUT2D eigenvalue weighted by Gasteiger charge is 2.31. The lowest BCUT2D eigenvalue weighted by Gasteiger charge is -2.39. The van der Waals surface area contributed by atoms with Gasteiger partial charge in [-0.25, -0.2) is 4.99 Å². The molecular formula is C22H32N4O2S. The van der Waals surface area contributed by atoms with E-state index in [4.69, 9.17) is 4.74 Å². The van der Waals surface area contributed by atoms with E-state index < -0.39 is 0 Å². The molecule has 1 fully saturated rings. The van der Waals surface area contributed by atoms with Crippen molar-refractivity contribution < 1.29 is 9.84 Å². The fraction of sp³-hybridized carbons (Fsp3) is 0.500. The summed E-state index contributed by atoms with van der Waals surface area (Å²) in [6.45, 7) is 5.24. The first-order valence-corrected chi connectivity index (χ1v) is 11.1. The molecule has 0 saturated carbocycles. The Kier molecular flexibility index (Phi) is 7.77. The standard InChI is InChI=1S/C22H32N4O2S/c1-4-23-22(25-15-17-8-5-10-18(28-3)21(17)27)24-14-16-9-6-12-26(2)20(16)19-11-7-13-29-19/h5,7-8,10-11,13,16,20,27H,4,6,9,12,14-15H2,1-3H3,(H2,23,24,25). The van der Waals surface area contributed by atoms with Crippen molar-refractivity contribution in [3.05, 3.63) is 46.2 Å². The summed E-state index contributed by atoms with van der Waals surface area (Å²) >= 11 is 1.84. The van der Waals surface area contributed by atoms with Crippen molar-refractivity contribution in [3.63, 3.8) is 0 Å². The van der Waals surface area contributed by atoms with Crippen LogP contribution >= 0.6 is 11.3 Å². The number of rotatable bonds is 7. The first-order chi connectivity index (χ1) is 14.1. The molecule has 0 spiro atoms. The molecule has 7 heteroatoms. The van der Waals surface area contributed by atoms with Gasteiger partial charge in [0.05, 0.1) is 13.7 Å². The zero-order chi connectivity index (χ0) is 20.6. The van der Waals surface area contributed by atoms with E-state index in [1.807, 2.05) is 23.5 Å². The third kappa shape index (κ3) is 5.42. The lowest BCUT2D eigenvalue weighted by molar-refractivity contribution is 0.125. The molecule has 2 heterocycles. The van der Waals surface area contributed by atoms with Crippen molar-refractivity contribution in [3.8, 4) is 11.5 Å². The summed E-state index contributed by atoms with van der Waals surface area (Å²) < 4.78 is 5.19. The normalized spacial score (nSPS) is 20.4. The van der Waals surface area contributed by atoms with Crippen LogP contribution in [0.15, 0.2) is 40.7 Å². The lowest BCUT2D eigenvalue weighted by atomic mass is 9.88. The van der Waals surface area contributed by atoms with Crippen LogP contribution < -0.4 is 15.4 Å². The van der Waals surface area contributed by atoms with Crippen LogP contribution in [0.1, 0.15) is 36.2 Å². The predicted octanol–water partition coefficient (Wildman–Crippen LogP) is 3.60. The van der Waals surface area contributed by atoms with Crippen LogP contribution in [-0.2, 0) is 6.54 Å². The molecular weight excluding hydrogens is 384 g/mol. The SMILES string of the molecule is CCNC(=NCc1cccc(OC)c1O)NCC1CCCN(C)C1c1cccs1. The Morgan fingerprint density at radius 1 is 1.31 bits per heavy atom. The van der Waals surface area contributed by atoms with Gasteiger partial charge in [0.2, 0.25) is 0 Å². The Bertz CT molecular complexity index is 794. The average Bonchev–Trinajstić information content (AvgIpc) is 3.25. The average molecular weight is 417 g/mol. The maximum atomic E-state index is 10.3. The molecule has 1 saturated heterocycles. The molecule has 0 amide bonds. The highest BCUT2D eigenvalue weighted by Crippen LogP contribution is 2.36. The topological polar surface area (TPSA) is 69.1 Å². The maximum absolute atomic E-state index is 10.3. The van der Waals surface area contributed by atoms with Crippen LogP contribution in [0, 0.1) is 5.92 Å². The van der Waals surface area contributed by atoms with Gasteiger partial charge in [-0.1, -0.05) is 18.2 Å². The molecule has 158 valence electrons. The highest BCUT2D eigenvalue weighted by atomic mass is 32.1. The molecule has 2 aromatic rings. The number of aliphatic imine (C=N–C) groups is 1. The molecule has 29 heavy (non-hydrogen) atoms. The third-order valence-electron chi connectivity index (χ3n) is 5.43. The zero-order valence-electron chi connectivity index (χ0n) is 17.5. The molecule has 6 nitrogen and oxygen atoms in total. The monoisotopic (exact) mass is 416 g/mol. The second-order valence-corrected chi connectivity index (χ2v) is 8.37. The van der Waals surface area contributed by atoms with Gasteiger partial charge in [0, 0.05) is 29.6 Å². The van der Waals surface area contributed by atoms with Crippen molar-refractivity contribution in [1.82, 2.24) is 15.5 Å². The number of nitrogens with zero attached hydrogens (tertiary/aromatic N) is 2. The number of hydrogen-bond donors (Lipinski definition) is 3. The van der Waals surface area contributed by atoms with Crippen molar-refractivity contribution >= 4 is 17.3 Å². The molecule has 2 atom stereocenters. The van der Waals surface area contributed by atoms with Crippen LogP contribution in [0.2, 0.25) is 0 Å². The molecule has 3 rings (SSSR count). The quantitative estimate of drug-likeness (QED) is 0.475. The first kappa shape index (κ1) is 21.5. The fourth-order valence-electron chi connectivity index (χ4n) is 3.98. The number of hydrogen-bond acceptors (Lipinski definition) is 5. The predicted molar refractivity (Wildman–Crippen MR) is 120 cm³/mol. The summed E-state index contributed by atoms with van der Waals surface area (Å²) in [5, 5.41) is 19.3. The molecule has 0 bridgehead atoms. The summed E-state index contributed by atoms with van der Waals surface area (Å²) in [7, 11) is 3.78. The summed E-state index contributed by atoms with van der Waals surface area (Å²) in [5.74, 6) is 1.93. The number of ether oxygens (including phenoxy) is 1. The number of piperidine rings is 1. The number of phenols is 1. The van der Waals surface area contributed by atoms with Crippen molar-refractivity contribution in [1.29, 1.82) is 0 Å². The van der Waals surface area contributed by atoms with E-state index >= 15 is 0 Å². The highest BCUT2D eigenvalue weighted by molar-refractivity contribution is 7.10. The molecule has 1 aliphatic heterocycles. The van der Waals surface area contributed by atoms with Crippen LogP contribution in [0.25, 0.3) is 0 Å². The number of methoxy groups -OCH3 is 1. The third-order valence-corrected chi connectivity index (χ3v) is 6.37. The second-order valence-electron chi connectivity index (χ2n) is 7.39. The number of thiophene rings is 1. The Morgan fingerprint density at radius 2 is 2.17 bits per heavy atom. The molecule has 2 unspecified atom stereocenters. The Morgan fingerprint density at radius 3 is 2.90 bits per heavy atom. The van der Waals surface area contributed by atoms with E-state index in [1.54, 1.807) is 13.2 Å². The smallest absolute Gasteiger partial charge is 0.191 e. The van der Waals surface area contributed by atoms with E-state index in [9.17, 15) is 5.11 Å². The molecule has 0 aliphatic carbocycles. The first-order valence-electron chi connectivity index (χ1n) is 10.2. The van der Waals surface area contributed by atoms with Gasteiger partial charge in [0.25, 0.3) is 0 Å². The molecule has 0 radical (unpaired) electrons. The van der Waals surface area contributed by atoms with Gasteiger partial charge >= 0.3 is 0 Å². The lowest BCUT2D eigenvalue weighted by Crippen LogP contribution is -2.44. The number of phenolic OH excluding ortho intramolecular Hbond substituents is 1. The van der Waals surface area contributed by atoms with Gasteiger partial charge in [-0.05, 0) is 56.8 Å². The van der Waals surface area contributed by atoms with E-state index in [2.05, 4.69) is 52.0 Å². The minimum atomic E-state index is 0.154. The largest absolute Gasteiger partial charge is 0.504 e. The van der Waals surface area contributed by atoms with Gasteiger partial charge in [-0.2, -0.15) is 0 Å². The summed E-state index contributed by atoms with van der Waals surface area (Å²) in [5.41, 5.74) is 0.746. The van der Waals surface area contributed by atoms with Gasteiger partial charge in [-0.15, -0.1) is 11.3 Å². The zero-order valence-corrected chi connectivity index (χ0v) is 18.3. The molecule has 1 aromatic heterocycles. The van der Waals surface area contributed by atoms with Gasteiger partial charge in [0.1, 0.15) is 0 Å². The van der Waals surface area contributed by atoms with Crippen LogP contribution in [0.5, 0.6) is 11.5 Å². The second kappa shape index (κ2) is 10.5. The van der Waals surface area contributed by atoms with E-state index in [-0.39, 0.29) is 5.75 Å². The van der Waals surface area contributed by atoms with Crippen molar-refractivity contribution in [2.24, 2.45) is 10.9 Å². The van der Waals surface area contributed by atoms with E-state index in [1.165, 1.54) is 17.7 Å². The van der Waals surface area contributed by atoms with Gasteiger partial charge in [-0.3, -0.25) is 4.90 Å². The minimum Gasteiger partial charge on any atom is -0.504 e. The van der Waals surface area contributed by atoms with Crippen molar-refractivity contribution in [2.45, 2.75) is 32.4 Å². The molecule has 3 N–H and O–H groups in total.